The number of morpholine rings is 1. The number of ether oxygens (including phenoxy) is 1. The number of hydrogen-bond donors (Lipinski definition) is 1. The zero-order valence-electron chi connectivity index (χ0n) is 10.3. The van der Waals surface area contributed by atoms with E-state index in [4.69, 9.17) is 9.84 Å². The number of nitrogens with zero attached hydrogens (tertiary/aromatic N) is 3. The summed E-state index contributed by atoms with van der Waals surface area (Å²) < 4.78 is 6.64. The number of aliphatic carboxylic acids is 1. The Balaban J connectivity index is 2.26. The fraction of sp³-hybridized carbons (Fsp3) is 0.545. The maximum Gasteiger partial charge on any atom is 0.328 e. The second kappa shape index (κ2) is 4.77. The molecule has 1 N–H and O–H groups in total. The van der Waals surface area contributed by atoms with Crippen LogP contribution in [0.4, 0.5) is 0 Å². The molecular weight excluding hydrogens is 238 g/mol. The lowest BCUT2D eigenvalue weighted by atomic mass is 10.1. The first kappa shape index (κ1) is 12.6. The van der Waals surface area contributed by atoms with Crippen LogP contribution in [0.5, 0.6) is 0 Å². The summed E-state index contributed by atoms with van der Waals surface area (Å²) in [6, 6.07) is -0.925. The highest BCUT2D eigenvalue weighted by Gasteiger charge is 2.34. The van der Waals surface area contributed by atoms with E-state index < -0.39 is 12.0 Å². The van der Waals surface area contributed by atoms with Gasteiger partial charge in [0.1, 0.15) is 0 Å². The fourth-order valence-electron chi connectivity index (χ4n) is 2.02. The quantitative estimate of drug-likeness (QED) is 0.779. The van der Waals surface area contributed by atoms with Crippen molar-refractivity contribution in [1.82, 2.24) is 14.7 Å². The Hall–Kier alpha value is -1.89. The van der Waals surface area contributed by atoms with Crippen LogP contribution in [0.3, 0.4) is 0 Å². The van der Waals surface area contributed by atoms with Crippen molar-refractivity contribution in [2.24, 2.45) is 7.05 Å². The SMILES string of the molecule is Cc1nn(C)cc1C(=O)N1CCOCC1C(=O)O. The molecule has 1 aliphatic rings. The molecule has 18 heavy (non-hydrogen) atoms. The minimum atomic E-state index is -1.05. The van der Waals surface area contributed by atoms with Gasteiger partial charge in [0.15, 0.2) is 6.04 Å². The van der Waals surface area contributed by atoms with Crippen LogP contribution in [0, 0.1) is 6.92 Å². The van der Waals surface area contributed by atoms with Crippen LogP contribution < -0.4 is 0 Å². The molecule has 0 spiro atoms. The average molecular weight is 253 g/mol. The average Bonchev–Trinajstić information content (AvgIpc) is 2.67. The Morgan fingerprint density at radius 1 is 1.56 bits per heavy atom. The number of hydrogen-bond acceptors (Lipinski definition) is 4. The van der Waals surface area contributed by atoms with Gasteiger partial charge in [0, 0.05) is 19.8 Å². The van der Waals surface area contributed by atoms with Crippen molar-refractivity contribution in [2.45, 2.75) is 13.0 Å². The van der Waals surface area contributed by atoms with Crippen LogP contribution in [0.1, 0.15) is 16.1 Å². The molecule has 1 amide bonds. The standard InChI is InChI=1S/C11H15N3O4/c1-7-8(5-13(2)12-7)10(15)14-3-4-18-6-9(14)11(16)17/h5,9H,3-4,6H2,1-2H3,(H,16,17). The summed E-state index contributed by atoms with van der Waals surface area (Å²) in [5.74, 6) is -1.36. The minimum Gasteiger partial charge on any atom is -0.480 e. The van der Waals surface area contributed by atoms with E-state index in [0.29, 0.717) is 17.9 Å². The summed E-state index contributed by atoms with van der Waals surface area (Å²) in [6.07, 6.45) is 1.60. The van der Waals surface area contributed by atoms with E-state index in [2.05, 4.69) is 5.10 Å². The maximum atomic E-state index is 12.3. The van der Waals surface area contributed by atoms with E-state index in [0.717, 1.165) is 0 Å². The van der Waals surface area contributed by atoms with Crippen molar-refractivity contribution in [3.63, 3.8) is 0 Å². The van der Waals surface area contributed by atoms with E-state index in [1.165, 1.54) is 4.90 Å². The molecule has 0 aromatic carbocycles. The van der Waals surface area contributed by atoms with Gasteiger partial charge in [0.25, 0.3) is 5.91 Å². The summed E-state index contributed by atoms with van der Waals surface area (Å²) >= 11 is 0. The van der Waals surface area contributed by atoms with Gasteiger partial charge in [-0.25, -0.2) is 4.79 Å². The van der Waals surface area contributed by atoms with Crippen LogP contribution in [-0.4, -0.2) is 57.5 Å². The third kappa shape index (κ3) is 2.21. The van der Waals surface area contributed by atoms with Crippen molar-refractivity contribution < 1.29 is 19.4 Å². The third-order valence-corrected chi connectivity index (χ3v) is 2.92. The summed E-state index contributed by atoms with van der Waals surface area (Å²) in [5, 5.41) is 13.2. The molecule has 1 aliphatic heterocycles. The van der Waals surface area contributed by atoms with Gasteiger partial charge in [-0.05, 0) is 6.92 Å². The first-order valence-corrected chi connectivity index (χ1v) is 5.62. The van der Waals surface area contributed by atoms with Crippen molar-refractivity contribution in [3.8, 4) is 0 Å². The van der Waals surface area contributed by atoms with Crippen molar-refractivity contribution in [2.75, 3.05) is 19.8 Å². The molecule has 1 saturated heterocycles. The number of aryl methyl sites for hydroxylation is 2. The van der Waals surface area contributed by atoms with Gasteiger partial charge < -0.3 is 14.7 Å². The van der Waals surface area contributed by atoms with Gasteiger partial charge in [-0.15, -0.1) is 0 Å². The topological polar surface area (TPSA) is 84.7 Å². The summed E-state index contributed by atoms with van der Waals surface area (Å²) in [5.41, 5.74) is 1.03. The van der Waals surface area contributed by atoms with Crippen molar-refractivity contribution in [3.05, 3.63) is 17.5 Å². The van der Waals surface area contributed by atoms with Crippen LogP contribution in [-0.2, 0) is 16.6 Å². The second-order valence-corrected chi connectivity index (χ2v) is 4.23. The number of carboxylic acids is 1. The normalized spacial score (nSPS) is 19.9. The molecule has 1 atom stereocenters. The first-order valence-electron chi connectivity index (χ1n) is 5.62. The minimum absolute atomic E-state index is 0.0282. The zero-order chi connectivity index (χ0) is 13.3. The summed E-state index contributed by atoms with van der Waals surface area (Å²) in [7, 11) is 1.72. The molecule has 1 unspecified atom stereocenters. The number of carbonyl (C=O) groups excluding carboxylic acids is 1. The summed E-state index contributed by atoms with van der Waals surface area (Å²) in [4.78, 5) is 24.7. The first-order chi connectivity index (χ1) is 8.50. The molecular formula is C11H15N3O4. The van der Waals surface area contributed by atoms with Gasteiger partial charge in [-0.2, -0.15) is 5.10 Å². The molecule has 0 bridgehead atoms. The highest BCUT2D eigenvalue weighted by molar-refractivity contribution is 5.97. The van der Waals surface area contributed by atoms with Crippen LogP contribution >= 0.6 is 0 Å². The van der Waals surface area contributed by atoms with Gasteiger partial charge in [-0.3, -0.25) is 9.48 Å². The number of aromatic nitrogens is 2. The van der Waals surface area contributed by atoms with Gasteiger partial charge in [-0.1, -0.05) is 0 Å². The Kier molecular flexibility index (Phi) is 3.33. The maximum absolute atomic E-state index is 12.3. The number of carboxylic acid groups (broad SMARTS) is 1. The number of amides is 1. The Morgan fingerprint density at radius 3 is 2.83 bits per heavy atom. The molecule has 98 valence electrons. The van der Waals surface area contributed by atoms with E-state index in [1.54, 1.807) is 24.9 Å². The molecule has 0 radical (unpaired) electrons. The highest BCUT2D eigenvalue weighted by atomic mass is 16.5. The molecule has 1 aromatic heterocycles. The predicted molar refractivity (Wildman–Crippen MR) is 61.2 cm³/mol. The monoisotopic (exact) mass is 253 g/mol. The van der Waals surface area contributed by atoms with Crippen LogP contribution in [0.2, 0.25) is 0 Å². The predicted octanol–water partition coefficient (Wildman–Crippen LogP) is -0.346. The van der Waals surface area contributed by atoms with Gasteiger partial charge in [0.05, 0.1) is 24.5 Å². The molecule has 1 fully saturated rings. The third-order valence-electron chi connectivity index (χ3n) is 2.92. The Morgan fingerprint density at radius 2 is 2.28 bits per heavy atom. The lowest BCUT2D eigenvalue weighted by Crippen LogP contribution is -2.52. The summed E-state index contributed by atoms with van der Waals surface area (Å²) in [6.45, 7) is 2.39. The largest absolute Gasteiger partial charge is 0.480 e. The van der Waals surface area contributed by atoms with Crippen LogP contribution in [0.25, 0.3) is 0 Å². The Bertz CT molecular complexity index is 483. The lowest BCUT2D eigenvalue weighted by Gasteiger charge is -2.32. The molecule has 0 aliphatic carbocycles. The molecule has 7 nitrogen and oxygen atoms in total. The fourth-order valence-corrected chi connectivity index (χ4v) is 2.02. The van der Waals surface area contributed by atoms with Crippen molar-refractivity contribution in [1.29, 1.82) is 0 Å². The number of carbonyl (C=O) groups is 2. The molecule has 0 saturated carbocycles. The highest BCUT2D eigenvalue weighted by Crippen LogP contribution is 2.14. The molecule has 1 aromatic rings. The van der Waals surface area contributed by atoms with E-state index in [9.17, 15) is 9.59 Å². The van der Waals surface area contributed by atoms with Crippen molar-refractivity contribution >= 4 is 11.9 Å². The Labute approximate surface area is 104 Å². The van der Waals surface area contributed by atoms with Crippen LogP contribution in [0.15, 0.2) is 6.20 Å². The lowest BCUT2D eigenvalue weighted by molar-refractivity contribution is -0.147. The molecule has 7 heteroatoms. The van der Waals surface area contributed by atoms with Gasteiger partial charge >= 0.3 is 5.97 Å². The smallest absolute Gasteiger partial charge is 0.328 e. The van der Waals surface area contributed by atoms with E-state index in [1.807, 2.05) is 0 Å². The number of rotatable bonds is 2. The zero-order valence-corrected chi connectivity index (χ0v) is 10.3. The second-order valence-electron chi connectivity index (χ2n) is 4.23. The van der Waals surface area contributed by atoms with Gasteiger partial charge in [0.2, 0.25) is 0 Å². The molecule has 2 rings (SSSR count). The van der Waals surface area contributed by atoms with E-state index >= 15 is 0 Å². The molecule has 2 heterocycles. The van der Waals surface area contributed by atoms with E-state index in [-0.39, 0.29) is 19.1 Å².